The number of ether oxygens (including phenoxy) is 1. The number of aryl methyl sites for hydroxylation is 2. The zero-order valence-corrected chi connectivity index (χ0v) is 19.5. The van der Waals surface area contributed by atoms with Crippen LogP contribution in [-0.2, 0) is 16.0 Å². The molecule has 0 radical (unpaired) electrons. The standard InChI is InChI=1S/C26H29NO6/c1-14(2)22(25(29)30)27-24(28)17(5)32-21-12-11-19-15(3)20(13-18-9-7-6-8-10-18)26(31)33-23(19)16(21)4/h6-12,14,17,22H,13H2,1-5H3,(H,27,28)(H,29,30)/t17?,22-/m1/s1. The molecule has 0 spiro atoms. The maximum atomic E-state index is 12.8. The first-order valence-electron chi connectivity index (χ1n) is 10.9. The molecule has 7 heteroatoms. The molecular formula is C26H29NO6. The topological polar surface area (TPSA) is 106 Å². The number of carboxylic acids is 1. The van der Waals surface area contributed by atoms with E-state index in [9.17, 15) is 19.5 Å². The van der Waals surface area contributed by atoms with Crippen molar-refractivity contribution >= 4 is 22.8 Å². The highest BCUT2D eigenvalue weighted by atomic mass is 16.5. The van der Waals surface area contributed by atoms with E-state index in [0.29, 0.717) is 28.9 Å². The average Bonchev–Trinajstić information content (AvgIpc) is 2.77. The van der Waals surface area contributed by atoms with Gasteiger partial charge in [0.2, 0.25) is 0 Å². The first kappa shape index (κ1) is 24.0. The number of amides is 1. The molecular weight excluding hydrogens is 422 g/mol. The lowest BCUT2D eigenvalue weighted by Crippen LogP contribution is -2.48. The van der Waals surface area contributed by atoms with Crippen molar-refractivity contribution in [2.24, 2.45) is 5.92 Å². The second kappa shape index (κ2) is 9.90. The molecule has 3 rings (SSSR count). The summed E-state index contributed by atoms with van der Waals surface area (Å²) in [6.07, 6.45) is -0.466. The number of nitrogens with one attached hydrogen (secondary N) is 1. The average molecular weight is 452 g/mol. The number of carboxylic acid groups (broad SMARTS) is 1. The Morgan fingerprint density at radius 1 is 1.03 bits per heavy atom. The van der Waals surface area contributed by atoms with Gasteiger partial charge in [-0.2, -0.15) is 0 Å². The van der Waals surface area contributed by atoms with Crippen molar-refractivity contribution in [3.8, 4) is 5.75 Å². The lowest BCUT2D eigenvalue weighted by atomic mass is 9.98. The maximum absolute atomic E-state index is 12.8. The summed E-state index contributed by atoms with van der Waals surface area (Å²) in [6.45, 7) is 8.63. The number of aliphatic carboxylic acids is 1. The van der Waals surface area contributed by atoms with E-state index < -0.39 is 29.6 Å². The third-order valence-electron chi connectivity index (χ3n) is 5.78. The fourth-order valence-corrected chi connectivity index (χ4v) is 3.73. The van der Waals surface area contributed by atoms with Crippen molar-refractivity contribution in [3.05, 3.63) is 75.1 Å². The molecule has 1 heterocycles. The van der Waals surface area contributed by atoms with Crippen molar-refractivity contribution in [2.45, 2.75) is 53.2 Å². The molecule has 3 aromatic rings. The molecule has 2 aromatic carbocycles. The molecule has 0 saturated heterocycles. The molecule has 2 N–H and O–H groups in total. The van der Waals surface area contributed by atoms with Crippen molar-refractivity contribution in [2.75, 3.05) is 0 Å². The Bertz CT molecular complexity index is 1230. The minimum Gasteiger partial charge on any atom is -0.480 e. The van der Waals surface area contributed by atoms with E-state index in [1.54, 1.807) is 33.8 Å². The Morgan fingerprint density at radius 2 is 1.70 bits per heavy atom. The number of hydrogen-bond donors (Lipinski definition) is 2. The molecule has 2 atom stereocenters. The van der Waals surface area contributed by atoms with Crippen LogP contribution in [0.25, 0.3) is 11.0 Å². The molecule has 174 valence electrons. The van der Waals surface area contributed by atoms with Gasteiger partial charge in [0.15, 0.2) is 6.10 Å². The summed E-state index contributed by atoms with van der Waals surface area (Å²) in [4.78, 5) is 36.6. The summed E-state index contributed by atoms with van der Waals surface area (Å²) >= 11 is 0. The Morgan fingerprint density at radius 3 is 2.30 bits per heavy atom. The van der Waals surface area contributed by atoms with Crippen LogP contribution in [0.5, 0.6) is 5.75 Å². The van der Waals surface area contributed by atoms with Crippen LogP contribution in [0.3, 0.4) is 0 Å². The van der Waals surface area contributed by atoms with E-state index in [2.05, 4.69) is 5.32 Å². The van der Waals surface area contributed by atoms with E-state index in [1.807, 2.05) is 43.3 Å². The summed E-state index contributed by atoms with van der Waals surface area (Å²) in [6, 6.07) is 12.2. The number of rotatable bonds is 8. The maximum Gasteiger partial charge on any atom is 0.340 e. The third kappa shape index (κ3) is 5.25. The van der Waals surface area contributed by atoms with Crippen LogP contribution in [0.4, 0.5) is 0 Å². The minimum absolute atomic E-state index is 0.275. The lowest BCUT2D eigenvalue weighted by Gasteiger charge is -2.22. The summed E-state index contributed by atoms with van der Waals surface area (Å²) < 4.78 is 11.5. The summed E-state index contributed by atoms with van der Waals surface area (Å²) in [5, 5.41) is 12.6. The van der Waals surface area contributed by atoms with Crippen molar-refractivity contribution in [3.63, 3.8) is 0 Å². The highest BCUT2D eigenvalue weighted by Crippen LogP contribution is 2.30. The number of carbonyl (C=O) groups is 2. The molecule has 0 aliphatic carbocycles. The van der Waals surface area contributed by atoms with E-state index in [1.165, 1.54) is 0 Å². The van der Waals surface area contributed by atoms with Crippen LogP contribution < -0.4 is 15.7 Å². The van der Waals surface area contributed by atoms with Gasteiger partial charge in [-0.25, -0.2) is 9.59 Å². The lowest BCUT2D eigenvalue weighted by molar-refractivity contribution is -0.144. The second-order valence-electron chi connectivity index (χ2n) is 8.55. The Hall–Kier alpha value is -3.61. The van der Waals surface area contributed by atoms with Crippen molar-refractivity contribution < 1.29 is 23.8 Å². The number of fused-ring (bicyclic) bond motifs is 1. The highest BCUT2D eigenvalue weighted by Gasteiger charge is 2.27. The molecule has 0 saturated carbocycles. The van der Waals surface area contributed by atoms with E-state index in [-0.39, 0.29) is 5.92 Å². The molecule has 1 aromatic heterocycles. The zero-order chi connectivity index (χ0) is 24.3. The van der Waals surface area contributed by atoms with Crippen LogP contribution in [0, 0.1) is 19.8 Å². The Kier molecular flexibility index (Phi) is 7.21. The quantitative estimate of drug-likeness (QED) is 0.502. The van der Waals surface area contributed by atoms with E-state index >= 15 is 0 Å². The molecule has 1 unspecified atom stereocenters. The first-order chi connectivity index (χ1) is 15.6. The molecule has 0 aliphatic rings. The number of hydrogen-bond acceptors (Lipinski definition) is 5. The molecule has 33 heavy (non-hydrogen) atoms. The van der Waals surface area contributed by atoms with Gasteiger partial charge in [-0.15, -0.1) is 0 Å². The van der Waals surface area contributed by atoms with Crippen LogP contribution in [0.15, 0.2) is 51.7 Å². The fourth-order valence-electron chi connectivity index (χ4n) is 3.73. The van der Waals surface area contributed by atoms with Crippen molar-refractivity contribution in [1.82, 2.24) is 5.32 Å². The molecule has 0 bridgehead atoms. The van der Waals surface area contributed by atoms with Gasteiger partial charge in [0.25, 0.3) is 5.91 Å². The number of benzene rings is 2. The molecule has 0 fully saturated rings. The van der Waals surface area contributed by atoms with Crippen LogP contribution >= 0.6 is 0 Å². The molecule has 7 nitrogen and oxygen atoms in total. The Labute approximate surface area is 192 Å². The predicted octanol–water partition coefficient (Wildman–Crippen LogP) is 3.99. The van der Waals surface area contributed by atoms with Gasteiger partial charge < -0.3 is 19.6 Å². The van der Waals surface area contributed by atoms with Gasteiger partial charge in [0, 0.05) is 22.9 Å². The SMILES string of the molecule is Cc1c(Cc2ccccc2)c(=O)oc2c(C)c(OC(C)C(=O)N[C@@H](C(=O)O)C(C)C)ccc12. The summed E-state index contributed by atoms with van der Waals surface area (Å²) in [5.74, 6) is -1.52. The normalized spacial score (nSPS) is 13.0. The van der Waals surface area contributed by atoms with Crippen LogP contribution in [0.2, 0.25) is 0 Å². The molecule has 0 aliphatic heterocycles. The third-order valence-corrected chi connectivity index (χ3v) is 5.78. The highest BCUT2D eigenvalue weighted by molar-refractivity contribution is 5.88. The van der Waals surface area contributed by atoms with Gasteiger partial charge in [-0.3, -0.25) is 4.79 Å². The second-order valence-corrected chi connectivity index (χ2v) is 8.55. The molecule has 1 amide bonds. The summed E-state index contributed by atoms with van der Waals surface area (Å²) in [5.41, 5.74) is 3.05. The monoisotopic (exact) mass is 451 g/mol. The zero-order valence-electron chi connectivity index (χ0n) is 19.5. The van der Waals surface area contributed by atoms with E-state index in [0.717, 1.165) is 16.5 Å². The van der Waals surface area contributed by atoms with Crippen LogP contribution in [0.1, 0.15) is 43.0 Å². The van der Waals surface area contributed by atoms with Gasteiger partial charge in [-0.05, 0) is 49.9 Å². The van der Waals surface area contributed by atoms with Gasteiger partial charge in [0.1, 0.15) is 17.4 Å². The predicted molar refractivity (Wildman–Crippen MR) is 126 cm³/mol. The van der Waals surface area contributed by atoms with Gasteiger partial charge >= 0.3 is 11.6 Å². The largest absolute Gasteiger partial charge is 0.480 e. The summed E-state index contributed by atoms with van der Waals surface area (Å²) in [7, 11) is 0. The smallest absolute Gasteiger partial charge is 0.340 e. The number of carbonyl (C=O) groups excluding carboxylic acids is 1. The minimum atomic E-state index is -1.10. The van der Waals surface area contributed by atoms with Gasteiger partial charge in [0.05, 0.1) is 0 Å². The first-order valence-corrected chi connectivity index (χ1v) is 10.9. The Balaban J connectivity index is 1.88. The van der Waals surface area contributed by atoms with Crippen LogP contribution in [-0.4, -0.2) is 29.1 Å². The van der Waals surface area contributed by atoms with Crippen molar-refractivity contribution in [1.29, 1.82) is 0 Å². The fraction of sp³-hybridized carbons (Fsp3) is 0.346. The van der Waals surface area contributed by atoms with E-state index in [4.69, 9.17) is 9.15 Å². The van der Waals surface area contributed by atoms with Gasteiger partial charge in [-0.1, -0.05) is 44.2 Å².